The molecule has 1 saturated heterocycles. The molecule has 3 heterocycles. The summed E-state index contributed by atoms with van der Waals surface area (Å²) in [5.74, 6) is 1.45. The zero-order valence-electron chi connectivity index (χ0n) is 17.8. The number of aliphatic hydroxyl groups is 1. The Morgan fingerprint density at radius 2 is 2.06 bits per heavy atom. The number of hydrogen-bond acceptors (Lipinski definition) is 7. The summed E-state index contributed by atoms with van der Waals surface area (Å²) < 4.78 is 0. The Labute approximate surface area is 185 Å². The largest absolute Gasteiger partial charge is 0.396 e. The van der Waals surface area contributed by atoms with Gasteiger partial charge in [0.15, 0.2) is 0 Å². The van der Waals surface area contributed by atoms with E-state index in [4.69, 9.17) is 4.98 Å². The maximum absolute atomic E-state index is 12.5. The molecule has 9 nitrogen and oxygen atoms in total. The number of pyridine rings is 1. The second-order valence-corrected chi connectivity index (χ2v) is 8.92. The molecule has 0 aromatic carbocycles. The monoisotopic (exact) mass is 434 g/mol. The number of amides is 1. The lowest BCUT2D eigenvalue weighted by molar-refractivity contribution is -0.135. The summed E-state index contributed by atoms with van der Waals surface area (Å²) in [5.41, 5.74) is 2.55. The van der Waals surface area contributed by atoms with Gasteiger partial charge in [-0.15, -0.1) is 0 Å². The Hall–Kier alpha value is -3.25. The van der Waals surface area contributed by atoms with E-state index >= 15 is 0 Å². The highest BCUT2D eigenvalue weighted by molar-refractivity contribution is 5.77. The summed E-state index contributed by atoms with van der Waals surface area (Å²) in [7, 11) is 0. The summed E-state index contributed by atoms with van der Waals surface area (Å²) in [6, 6.07) is 5.70. The van der Waals surface area contributed by atoms with Crippen LogP contribution in [0, 0.1) is 17.2 Å². The fourth-order valence-electron chi connectivity index (χ4n) is 4.70. The Kier molecular flexibility index (Phi) is 5.39. The van der Waals surface area contributed by atoms with E-state index in [1.54, 1.807) is 6.20 Å². The van der Waals surface area contributed by atoms with Crippen molar-refractivity contribution in [2.24, 2.45) is 5.92 Å². The van der Waals surface area contributed by atoms with Crippen LogP contribution in [0.15, 0.2) is 23.1 Å². The van der Waals surface area contributed by atoms with Crippen LogP contribution in [0.2, 0.25) is 0 Å². The topological polar surface area (TPSA) is 126 Å². The van der Waals surface area contributed by atoms with Crippen molar-refractivity contribution in [2.45, 2.75) is 44.1 Å². The second-order valence-electron chi connectivity index (χ2n) is 8.92. The van der Waals surface area contributed by atoms with E-state index in [2.05, 4.69) is 21.2 Å². The van der Waals surface area contributed by atoms with Gasteiger partial charge in [-0.25, -0.2) is 10.1 Å². The average Bonchev–Trinajstić information content (AvgIpc) is 3.71. The highest BCUT2D eigenvalue weighted by Crippen LogP contribution is 2.45. The smallest absolute Gasteiger partial charge is 0.264 e. The minimum absolute atomic E-state index is 0.00617. The highest BCUT2D eigenvalue weighted by atomic mass is 16.3. The number of nitrogens with one attached hydrogen (secondary N) is 1. The molecule has 3 aliphatic rings. The Morgan fingerprint density at radius 3 is 2.72 bits per heavy atom. The van der Waals surface area contributed by atoms with E-state index in [-0.39, 0.29) is 30.5 Å². The summed E-state index contributed by atoms with van der Waals surface area (Å²) >= 11 is 0. The standard InChI is InChI=1S/C23H26N6O3/c24-11-16-9-18(17-10-20(31)27-25-12-17)22(15-3-4-15)26-23(16)28-6-7-29(21(32)5-8-30)19(13-28)14-1-2-14/h9-10,12,14-15,19,30H,1-8,13H2,(H,27,31)/t19-/m0/s1. The number of hydrogen-bond donors (Lipinski definition) is 2. The van der Waals surface area contributed by atoms with Crippen LogP contribution in [0.1, 0.15) is 49.3 Å². The number of aromatic nitrogens is 3. The number of aromatic amines is 1. The third kappa shape index (κ3) is 3.98. The van der Waals surface area contributed by atoms with Crippen LogP contribution < -0.4 is 10.5 Å². The number of rotatable bonds is 6. The van der Waals surface area contributed by atoms with E-state index in [1.165, 1.54) is 6.07 Å². The van der Waals surface area contributed by atoms with E-state index in [0.29, 0.717) is 48.4 Å². The van der Waals surface area contributed by atoms with Crippen molar-refractivity contribution in [3.05, 3.63) is 39.9 Å². The van der Waals surface area contributed by atoms with Crippen molar-refractivity contribution in [1.29, 1.82) is 5.26 Å². The molecule has 0 bridgehead atoms. The van der Waals surface area contributed by atoms with Crippen molar-refractivity contribution >= 4 is 11.7 Å². The molecule has 1 atom stereocenters. The molecule has 32 heavy (non-hydrogen) atoms. The normalized spacial score (nSPS) is 20.8. The Morgan fingerprint density at radius 1 is 1.25 bits per heavy atom. The first-order valence-corrected chi connectivity index (χ1v) is 11.2. The van der Waals surface area contributed by atoms with Crippen molar-refractivity contribution < 1.29 is 9.90 Å². The van der Waals surface area contributed by atoms with Gasteiger partial charge in [-0.2, -0.15) is 10.4 Å². The lowest BCUT2D eigenvalue weighted by Gasteiger charge is -2.42. The summed E-state index contributed by atoms with van der Waals surface area (Å²) in [5, 5.41) is 25.4. The fraction of sp³-hybridized carbons (Fsp3) is 0.522. The number of aliphatic hydroxyl groups excluding tert-OH is 1. The fourth-order valence-corrected chi connectivity index (χ4v) is 4.70. The number of nitrogens with zero attached hydrogens (tertiary/aromatic N) is 5. The van der Waals surface area contributed by atoms with Crippen LogP contribution in [0.4, 0.5) is 5.82 Å². The van der Waals surface area contributed by atoms with Crippen molar-refractivity contribution in [2.75, 3.05) is 31.1 Å². The van der Waals surface area contributed by atoms with E-state index in [9.17, 15) is 20.0 Å². The molecular formula is C23H26N6O3. The average molecular weight is 435 g/mol. The van der Waals surface area contributed by atoms with Crippen LogP contribution in [0.5, 0.6) is 0 Å². The predicted octanol–water partition coefficient (Wildman–Crippen LogP) is 1.39. The van der Waals surface area contributed by atoms with Crippen molar-refractivity contribution in [3.8, 4) is 17.2 Å². The molecule has 1 aliphatic heterocycles. The first-order chi connectivity index (χ1) is 15.6. The lowest BCUT2D eigenvalue weighted by Crippen LogP contribution is -2.56. The van der Waals surface area contributed by atoms with Crippen LogP contribution in [-0.2, 0) is 4.79 Å². The molecule has 2 aliphatic carbocycles. The quantitative estimate of drug-likeness (QED) is 0.703. The number of nitriles is 1. The third-order valence-corrected chi connectivity index (χ3v) is 6.62. The predicted molar refractivity (Wildman–Crippen MR) is 117 cm³/mol. The zero-order chi connectivity index (χ0) is 22.2. The van der Waals surface area contributed by atoms with Gasteiger partial charge in [0.2, 0.25) is 5.91 Å². The summed E-state index contributed by atoms with van der Waals surface area (Å²) in [4.78, 5) is 33.4. The molecule has 3 fully saturated rings. The van der Waals surface area contributed by atoms with Crippen LogP contribution in [0.25, 0.3) is 11.1 Å². The molecule has 0 radical (unpaired) electrons. The van der Waals surface area contributed by atoms with Gasteiger partial charge in [-0.1, -0.05) is 0 Å². The number of piperazine rings is 1. The molecular weight excluding hydrogens is 408 g/mol. The minimum Gasteiger partial charge on any atom is -0.396 e. The Balaban J connectivity index is 1.50. The molecule has 2 aromatic rings. The molecule has 166 valence electrons. The van der Waals surface area contributed by atoms with E-state index in [0.717, 1.165) is 36.9 Å². The summed E-state index contributed by atoms with van der Waals surface area (Å²) in [6.07, 6.45) is 6.02. The zero-order valence-corrected chi connectivity index (χ0v) is 17.8. The summed E-state index contributed by atoms with van der Waals surface area (Å²) in [6.45, 7) is 1.66. The molecule has 1 amide bonds. The van der Waals surface area contributed by atoms with Gasteiger partial charge in [0.25, 0.3) is 5.56 Å². The first kappa shape index (κ1) is 20.6. The molecule has 0 spiro atoms. The van der Waals surface area contributed by atoms with Gasteiger partial charge in [0.1, 0.15) is 11.9 Å². The van der Waals surface area contributed by atoms with Crippen LogP contribution >= 0.6 is 0 Å². The van der Waals surface area contributed by atoms with E-state index < -0.39 is 0 Å². The number of anilines is 1. The molecule has 9 heteroatoms. The second kappa shape index (κ2) is 8.36. The van der Waals surface area contributed by atoms with Gasteiger partial charge >= 0.3 is 0 Å². The third-order valence-electron chi connectivity index (χ3n) is 6.62. The highest BCUT2D eigenvalue weighted by Gasteiger charge is 2.41. The SMILES string of the molecule is N#Cc1cc(-c2cn[nH]c(=O)c2)c(C2CC2)nc1N1CCN(C(=O)CCO)[C@H](C2CC2)C1. The molecule has 2 saturated carbocycles. The van der Waals surface area contributed by atoms with Crippen molar-refractivity contribution in [3.63, 3.8) is 0 Å². The maximum Gasteiger partial charge on any atom is 0.264 e. The maximum atomic E-state index is 12.5. The molecule has 5 rings (SSSR count). The van der Waals surface area contributed by atoms with Gasteiger partial charge in [-0.05, 0) is 37.7 Å². The molecule has 2 N–H and O–H groups in total. The number of carbonyl (C=O) groups excluding carboxylic acids is 1. The molecule has 0 unspecified atom stereocenters. The molecule has 2 aromatic heterocycles. The van der Waals surface area contributed by atoms with Gasteiger partial charge in [-0.3, -0.25) is 9.59 Å². The van der Waals surface area contributed by atoms with Gasteiger partial charge < -0.3 is 14.9 Å². The number of carbonyl (C=O) groups is 1. The van der Waals surface area contributed by atoms with Gasteiger partial charge in [0, 0.05) is 49.2 Å². The van der Waals surface area contributed by atoms with Gasteiger partial charge in [0.05, 0.1) is 30.1 Å². The van der Waals surface area contributed by atoms with Crippen LogP contribution in [0.3, 0.4) is 0 Å². The first-order valence-electron chi connectivity index (χ1n) is 11.2. The Bertz CT molecular complexity index is 1130. The lowest BCUT2D eigenvalue weighted by atomic mass is 10.00. The number of H-pyrrole nitrogens is 1. The van der Waals surface area contributed by atoms with Crippen LogP contribution in [-0.4, -0.2) is 63.4 Å². The van der Waals surface area contributed by atoms with E-state index in [1.807, 2.05) is 11.0 Å². The minimum atomic E-state index is -0.289. The van der Waals surface area contributed by atoms with Crippen molar-refractivity contribution in [1.82, 2.24) is 20.1 Å².